The molecule has 1 aliphatic heterocycles. The van der Waals surface area contributed by atoms with Gasteiger partial charge in [-0.05, 0) is 59.8 Å². The van der Waals surface area contributed by atoms with E-state index < -0.39 is 11.5 Å². The molecule has 0 aromatic rings. The molecule has 8 nitrogen and oxygen atoms in total. The van der Waals surface area contributed by atoms with E-state index in [-0.39, 0.29) is 29.7 Å². The van der Waals surface area contributed by atoms with Crippen LogP contribution in [0.15, 0.2) is 0 Å². The minimum atomic E-state index is -0.452. The summed E-state index contributed by atoms with van der Waals surface area (Å²) < 4.78 is 11.1. The average molecular weight is 548 g/mol. The van der Waals surface area contributed by atoms with Crippen molar-refractivity contribution >= 4 is 39.3 Å². The molecule has 1 unspecified atom stereocenters. The number of carbonyl (C=O) groups excluding carboxylic acids is 3. The van der Waals surface area contributed by atoms with E-state index in [1.54, 1.807) is 14.0 Å². The first-order valence-electron chi connectivity index (χ1n) is 13.2. The van der Waals surface area contributed by atoms with Crippen molar-refractivity contribution in [3.05, 3.63) is 0 Å². The summed E-state index contributed by atoms with van der Waals surface area (Å²) in [6.07, 6.45) is 6.55. The van der Waals surface area contributed by atoms with Crippen LogP contribution >= 0.6 is 21.6 Å². The van der Waals surface area contributed by atoms with Gasteiger partial charge in [-0.2, -0.15) is 0 Å². The number of unbranched alkanes of at least 4 members (excludes halogenated alkanes) is 1. The summed E-state index contributed by atoms with van der Waals surface area (Å²) in [5.41, 5.74) is -0.723. The quantitative estimate of drug-likeness (QED) is 0.165. The molecule has 3 amide bonds. The lowest BCUT2D eigenvalue weighted by Crippen LogP contribution is -2.46. The highest BCUT2D eigenvalue weighted by Gasteiger charge is 2.25. The van der Waals surface area contributed by atoms with Crippen LogP contribution in [0.5, 0.6) is 0 Å². The van der Waals surface area contributed by atoms with Crippen molar-refractivity contribution < 1.29 is 23.9 Å². The highest BCUT2D eigenvalue weighted by atomic mass is 33.1. The second kappa shape index (κ2) is 17.5. The molecule has 1 heterocycles. The van der Waals surface area contributed by atoms with Crippen molar-refractivity contribution in [2.45, 2.75) is 102 Å². The summed E-state index contributed by atoms with van der Waals surface area (Å²) in [4.78, 5) is 36.8. The van der Waals surface area contributed by atoms with Gasteiger partial charge in [0.05, 0.1) is 5.60 Å². The third-order valence-electron chi connectivity index (χ3n) is 6.20. The molecule has 1 aliphatic rings. The topological polar surface area (TPSA) is 106 Å². The number of amides is 3. The van der Waals surface area contributed by atoms with Gasteiger partial charge in [0.1, 0.15) is 0 Å². The van der Waals surface area contributed by atoms with Crippen molar-refractivity contribution in [1.82, 2.24) is 16.0 Å². The lowest BCUT2D eigenvalue weighted by Gasteiger charge is -2.30. The van der Waals surface area contributed by atoms with Crippen LogP contribution in [0, 0.1) is 5.92 Å². The highest BCUT2D eigenvalue weighted by molar-refractivity contribution is 8.77. The van der Waals surface area contributed by atoms with Crippen LogP contribution in [0.4, 0.5) is 0 Å². The first kappa shape index (κ1) is 33.1. The Morgan fingerprint density at radius 1 is 1.00 bits per heavy atom. The minimum Gasteiger partial charge on any atom is -0.385 e. The Kier molecular flexibility index (Phi) is 16.1. The van der Waals surface area contributed by atoms with E-state index in [0.717, 1.165) is 24.5 Å². The van der Waals surface area contributed by atoms with Gasteiger partial charge >= 0.3 is 0 Å². The van der Waals surface area contributed by atoms with Crippen LogP contribution in [0.1, 0.15) is 86.0 Å². The van der Waals surface area contributed by atoms with Crippen molar-refractivity contribution in [3.63, 3.8) is 0 Å². The van der Waals surface area contributed by atoms with Gasteiger partial charge in [0.15, 0.2) is 0 Å². The van der Waals surface area contributed by atoms with Gasteiger partial charge in [-0.3, -0.25) is 14.4 Å². The van der Waals surface area contributed by atoms with Gasteiger partial charge in [0.25, 0.3) is 0 Å². The third-order valence-corrected chi connectivity index (χ3v) is 9.21. The molecule has 2 atom stereocenters. The van der Waals surface area contributed by atoms with Crippen LogP contribution < -0.4 is 16.0 Å². The predicted octanol–water partition coefficient (Wildman–Crippen LogP) is 4.08. The van der Waals surface area contributed by atoms with Gasteiger partial charge in [-0.1, -0.05) is 34.9 Å². The Labute approximate surface area is 226 Å². The van der Waals surface area contributed by atoms with E-state index in [9.17, 15) is 14.4 Å². The fourth-order valence-electron chi connectivity index (χ4n) is 3.74. The molecule has 0 spiro atoms. The second-order valence-corrected chi connectivity index (χ2v) is 13.6. The fraction of sp³-hybridized carbons (Fsp3) is 0.885. The normalized spacial score (nSPS) is 17.0. The largest absolute Gasteiger partial charge is 0.385 e. The molecule has 1 saturated heterocycles. The summed E-state index contributed by atoms with van der Waals surface area (Å²) >= 11 is 0. The number of hydrogen-bond acceptors (Lipinski definition) is 7. The molecule has 0 saturated carbocycles. The Morgan fingerprint density at radius 2 is 1.72 bits per heavy atom. The summed E-state index contributed by atoms with van der Waals surface area (Å²) in [7, 11) is 5.60. The van der Waals surface area contributed by atoms with Crippen LogP contribution in [0.2, 0.25) is 0 Å². The number of rotatable bonds is 19. The predicted molar refractivity (Wildman–Crippen MR) is 150 cm³/mol. The summed E-state index contributed by atoms with van der Waals surface area (Å²) in [5, 5.41) is 9.43. The summed E-state index contributed by atoms with van der Waals surface area (Å²) in [6.45, 7) is 11.6. The number of ether oxygens (including phenoxy) is 2. The van der Waals surface area contributed by atoms with Crippen molar-refractivity contribution in [2.24, 2.45) is 5.92 Å². The van der Waals surface area contributed by atoms with Crippen LogP contribution in [0.3, 0.4) is 0 Å². The standard InChI is InChI=1S/C26H49N3O5S2/c1-20(19-23(31)29-25(2,3)12-17-34-26(4,5)13-16-33-6)24(32)28-15-14-27-22(30)10-8-7-9-21-11-18-35-36-21/h20-21H,7-19H2,1-6H3,(H,27,30)(H,28,32)(H,29,31)/t20-,21?/m0/s1. The SMILES string of the molecule is COCCC(C)(C)OCCC(C)(C)NC(=O)C[C@H](C)C(=O)NCCNC(=O)CCCCC1CCSS1. The molecule has 0 radical (unpaired) electrons. The Morgan fingerprint density at radius 3 is 2.39 bits per heavy atom. The van der Waals surface area contributed by atoms with E-state index in [0.29, 0.717) is 39.1 Å². The van der Waals surface area contributed by atoms with Crippen LogP contribution in [0.25, 0.3) is 0 Å². The third kappa shape index (κ3) is 16.0. The molecule has 1 rings (SSSR count). The molecule has 10 heteroatoms. The Bertz CT molecular complexity index is 670. The van der Waals surface area contributed by atoms with Crippen molar-refractivity contribution in [2.75, 3.05) is 39.2 Å². The van der Waals surface area contributed by atoms with Gasteiger partial charge in [-0.15, -0.1) is 0 Å². The van der Waals surface area contributed by atoms with Gasteiger partial charge in [0.2, 0.25) is 17.7 Å². The van der Waals surface area contributed by atoms with E-state index in [4.69, 9.17) is 9.47 Å². The Balaban J connectivity index is 2.15. The molecule has 0 bridgehead atoms. The summed E-state index contributed by atoms with van der Waals surface area (Å²) in [6, 6.07) is 0. The first-order valence-corrected chi connectivity index (χ1v) is 15.6. The minimum absolute atomic E-state index is 0.0263. The van der Waals surface area contributed by atoms with Gasteiger partial charge in [-0.25, -0.2) is 0 Å². The molecule has 0 aromatic carbocycles. The molecular formula is C26H49N3O5S2. The number of hydrogen-bond donors (Lipinski definition) is 3. The van der Waals surface area contributed by atoms with Crippen LogP contribution in [-0.4, -0.2) is 73.3 Å². The molecule has 3 N–H and O–H groups in total. The number of nitrogens with one attached hydrogen (secondary N) is 3. The molecule has 210 valence electrons. The molecule has 0 aliphatic carbocycles. The van der Waals surface area contributed by atoms with Crippen molar-refractivity contribution in [3.8, 4) is 0 Å². The Hall–Kier alpha value is -0.970. The lowest BCUT2D eigenvalue weighted by atomic mass is 9.99. The van der Waals surface area contributed by atoms with E-state index in [1.807, 2.05) is 49.3 Å². The monoisotopic (exact) mass is 547 g/mol. The van der Waals surface area contributed by atoms with Crippen molar-refractivity contribution in [1.29, 1.82) is 0 Å². The van der Waals surface area contributed by atoms with Gasteiger partial charge in [0, 0.05) is 68.7 Å². The second-order valence-electron chi connectivity index (χ2n) is 10.9. The molecule has 1 fully saturated rings. The number of methoxy groups -OCH3 is 1. The zero-order chi connectivity index (χ0) is 27.0. The van der Waals surface area contributed by atoms with E-state index in [2.05, 4.69) is 16.0 Å². The first-order chi connectivity index (χ1) is 16.9. The number of carbonyl (C=O) groups is 3. The zero-order valence-electron chi connectivity index (χ0n) is 23.2. The summed E-state index contributed by atoms with van der Waals surface area (Å²) in [5.74, 6) is 0.467. The zero-order valence-corrected chi connectivity index (χ0v) is 24.8. The molecule has 36 heavy (non-hydrogen) atoms. The average Bonchev–Trinajstić information content (AvgIpc) is 3.31. The smallest absolute Gasteiger partial charge is 0.223 e. The van der Waals surface area contributed by atoms with E-state index in [1.165, 1.54) is 18.6 Å². The maximum absolute atomic E-state index is 12.5. The van der Waals surface area contributed by atoms with Gasteiger partial charge < -0.3 is 25.4 Å². The fourth-order valence-corrected chi connectivity index (χ4v) is 6.76. The molecule has 0 aromatic heterocycles. The maximum Gasteiger partial charge on any atom is 0.223 e. The molecular weight excluding hydrogens is 498 g/mol. The highest BCUT2D eigenvalue weighted by Crippen LogP contribution is 2.39. The van der Waals surface area contributed by atoms with Crippen LogP contribution in [-0.2, 0) is 23.9 Å². The maximum atomic E-state index is 12.5. The van der Waals surface area contributed by atoms with E-state index >= 15 is 0 Å². The lowest BCUT2D eigenvalue weighted by molar-refractivity contribution is -0.130.